The van der Waals surface area contributed by atoms with E-state index in [1.807, 2.05) is 43.3 Å². The first-order valence-electron chi connectivity index (χ1n) is 10.0. The summed E-state index contributed by atoms with van der Waals surface area (Å²) in [4.78, 5) is 17.1. The van der Waals surface area contributed by atoms with Crippen molar-refractivity contribution in [3.63, 3.8) is 0 Å². The summed E-state index contributed by atoms with van der Waals surface area (Å²) in [5, 5.41) is 19.1. The van der Waals surface area contributed by atoms with Gasteiger partial charge in [-0.25, -0.2) is 0 Å². The fourth-order valence-corrected chi connectivity index (χ4v) is 4.37. The highest BCUT2D eigenvalue weighted by Crippen LogP contribution is 2.35. The second kappa shape index (κ2) is 10.1. The lowest BCUT2D eigenvalue weighted by atomic mass is 10.2. The summed E-state index contributed by atoms with van der Waals surface area (Å²) in [6.07, 6.45) is 4.85. The zero-order chi connectivity index (χ0) is 23.4. The van der Waals surface area contributed by atoms with E-state index in [0.29, 0.717) is 21.4 Å². The van der Waals surface area contributed by atoms with Crippen molar-refractivity contribution in [2.45, 2.75) is 6.54 Å². The zero-order valence-corrected chi connectivity index (χ0v) is 20.4. The molecule has 9 heteroatoms. The number of rotatable bonds is 6. The minimum absolute atomic E-state index is 0.0845. The summed E-state index contributed by atoms with van der Waals surface area (Å²) in [7, 11) is 3.96. The van der Waals surface area contributed by atoms with Gasteiger partial charge in [0.05, 0.1) is 23.9 Å². The van der Waals surface area contributed by atoms with Crippen molar-refractivity contribution in [2.75, 3.05) is 19.0 Å². The number of benzene rings is 2. The predicted octanol–water partition coefficient (Wildman–Crippen LogP) is 5.32. The van der Waals surface area contributed by atoms with Crippen LogP contribution in [0.2, 0.25) is 0 Å². The molecule has 1 N–H and O–H groups in total. The van der Waals surface area contributed by atoms with Gasteiger partial charge in [-0.1, -0.05) is 28.1 Å². The lowest BCUT2D eigenvalue weighted by Gasteiger charge is -2.12. The first-order valence-corrected chi connectivity index (χ1v) is 11.6. The number of halogens is 1. The maximum atomic E-state index is 13.1. The Morgan fingerprint density at radius 3 is 2.67 bits per heavy atom. The second-order valence-corrected chi connectivity index (χ2v) is 9.32. The van der Waals surface area contributed by atoms with Crippen LogP contribution >= 0.6 is 27.7 Å². The number of nitrogens with zero attached hydrogens (tertiary/aromatic N) is 4. The average molecular weight is 525 g/mol. The van der Waals surface area contributed by atoms with Crippen LogP contribution in [0.4, 0.5) is 5.69 Å². The normalized spacial score (nSPS) is 16.5. The predicted molar refractivity (Wildman–Crippen MR) is 136 cm³/mol. The van der Waals surface area contributed by atoms with Gasteiger partial charge < -0.3 is 14.4 Å². The van der Waals surface area contributed by atoms with E-state index in [4.69, 9.17) is 4.42 Å². The minimum Gasteiger partial charge on any atom is -0.507 e. The molecule has 1 amide bonds. The molecule has 2 heterocycles. The molecule has 7 nitrogen and oxygen atoms in total. The maximum Gasteiger partial charge on any atom is 0.267 e. The standard InChI is InChI=1S/C24H21BrN4O3S/c1-28(2)19-8-5-16(6-9-19)14-26-27-24-29(15-20-4-3-11-32-20)23(31)22(33-24)13-17-12-18(25)7-10-21(17)30/h3-14,30H,15H2,1-2H3/b22-13-,26-14-,27-24+. The summed E-state index contributed by atoms with van der Waals surface area (Å²) < 4.78 is 6.22. The van der Waals surface area contributed by atoms with Crippen LogP contribution in [0.25, 0.3) is 6.08 Å². The number of carbonyl (C=O) groups excluding carboxylic acids is 1. The van der Waals surface area contributed by atoms with Crippen molar-refractivity contribution in [1.82, 2.24) is 4.90 Å². The molecule has 1 aliphatic rings. The Morgan fingerprint density at radius 1 is 1.18 bits per heavy atom. The molecule has 2 aromatic carbocycles. The monoisotopic (exact) mass is 524 g/mol. The van der Waals surface area contributed by atoms with Gasteiger partial charge in [0.2, 0.25) is 0 Å². The number of amides is 1. The molecule has 0 saturated carbocycles. The highest BCUT2D eigenvalue weighted by atomic mass is 79.9. The van der Waals surface area contributed by atoms with Crippen LogP contribution in [0.5, 0.6) is 5.75 Å². The maximum absolute atomic E-state index is 13.1. The summed E-state index contributed by atoms with van der Waals surface area (Å²) >= 11 is 4.59. The van der Waals surface area contributed by atoms with Gasteiger partial charge >= 0.3 is 0 Å². The summed E-state index contributed by atoms with van der Waals surface area (Å²) in [5.41, 5.74) is 2.52. The van der Waals surface area contributed by atoms with Crippen LogP contribution in [0.1, 0.15) is 16.9 Å². The van der Waals surface area contributed by atoms with Crippen LogP contribution < -0.4 is 4.90 Å². The van der Waals surface area contributed by atoms with Crippen LogP contribution in [0.15, 0.2) is 84.9 Å². The molecular weight excluding hydrogens is 504 g/mol. The Labute approximate surface area is 204 Å². The van der Waals surface area contributed by atoms with E-state index in [2.05, 4.69) is 26.1 Å². The summed E-state index contributed by atoms with van der Waals surface area (Å²) in [6, 6.07) is 16.5. The zero-order valence-electron chi connectivity index (χ0n) is 18.0. The minimum atomic E-state index is -0.236. The molecule has 3 aromatic rings. The highest BCUT2D eigenvalue weighted by molar-refractivity contribution is 9.10. The molecule has 33 heavy (non-hydrogen) atoms. The number of hydrogen-bond donors (Lipinski definition) is 1. The molecule has 0 radical (unpaired) electrons. The third-order valence-corrected chi connectivity index (χ3v) is 6.31. The molecule has 0 aliphatic carbocycles. The van der Waals surface area contributed by atoms with Crippen molar-refractivity contribution in [3.05, 3.63) is 87.1 Å². The van der Waals surface area contributed by atoms with Crippen LogP contribution in [0, 0.1) is 0 Å². The van der Waals surface area contributed by atoms with E-state index in [9.17, 15) is 9.90 Å². The molecular formula is C24H21BrN4O3S. The van der Waals surface area contributed by atoms with Crippen molar-refractivity contribution < 1.29 is 14.3 Å². The van der Waals surface area contributed by atoms with Crippen LogP contribution in [-0.4, -0.2) is 41.4 Å². The Hall–Kier alpha value is -3.30. The van der Waals surface area contributed by atoms with E-state index in [0.717, 1.165) is 15.7 Å². The van der Waals surface area contributed by atoms with Gasteiger partial charge in [-0.2, -0.15) is 5.10 Å². The van der Waals surface area contributed by atoms with Gasteiger partial charge in [0.1, 0.15) is 11.5 Å². The van der Waals surface area contributed by atoms with E-state index in [-0.39, 0.29) is 18.2 Å². The first-order chi connectivity index (χ1) is 15.9. The van der Waals surface area contributed by atoms with Crippen molar-refractivity contribution in [3.8, 4) is 5.75 Å². The van der Waals surface area contributed by atoms with Gasteiger partial charge in [-0.15, -0.1) is 5.10 Å². The lowest BCUT2D eigenvalue weighted by Crippen LogP contribution is -2.28. The molecule has 1 fully saturated rings. The number of phenolic OH excluding ortho intramolecular Hbond substituents is 1. The number of anilines is 1. The van der Waals surface area contributed by atoms with Crippen LogP contribution in [0.3, 0.4) is 0 Å². The van der Waals surface area contributed by atoms with E-state index < -0.39 is 0 Å². The van der Waals surface area contributed by atoms with Crippen molar-refractivity contribution in [1.29, 1.82) is 0 Å². The molecule has 168 valence electrons. The Kier molecular flexibility index (Phi) is 7.00. The number of carbonyl (C=O) groups is 1. The number of thioether (sulfide) groups is 1. The fraction of sp³-hybridized carbons (Fsp3) is 0.125. The third-order valence-electron chi connectivity index (χ3n) is 4.82. The number of phenols is 1. The van der Waals surface area contributed by atoms with E-state index >= 15 is 0 Å². The average Bonchev–Trinajstić information content (AvgIpc) is 3.41. The highest BCUT2D eigenvalue weighted by Gasteiger charge is 2.34. The number of amidine groups is 1. The Bertz CT molecular complexity index is 1240. The number of furan rings is 1. The van der Waals surface area contributed by atoms with E-state index in [1.54, 1.807) is 48.9 Å². The molecule has 4 rings (SSSR count). The molecule has 0 spiro atoms. The molecule has 1 aromatic heterocycles. The van der Waals surface area contributed by atoms with Gasteiger partial charge in [0.25, 0.3) is 5.91 Å². The first kappa shape index (κ1) is 22.9. The smallest absolute Gasteiger partial charge is 0.267 e. The second-order valence-electron chi connectivity index (χ2n) is 7.40. The van der Waals surface area contributed by atoms with Crippen molar-refractivity contribution in [2.24, 2.45) is 10.2 Å². The van der Waals surface area contributed by atoms with Gasteiger partial charge in [-0.05, 0) is 65.9 Å². The molecule has 0 atom stereocenters. The Balaban J connectivity index is 1.61. The van der Waals surface area contributed by atoms with Crippen LogP contribution in [-0.2, 0) is 11.3 Å². The van der Waals surface area contributed by atoms with Crippen molar-refractivity contribution >= 4 is 56.7 Å². The van der Waals surface area contributed by atoms with E-state index in [1.165, 1.54) is 16.7 Å². The number of aromatic hydroxyl groups is 1. The molecule has 1 aliphatic heterocycles. The van der Waals surface area contributed by atoms with Gasteiger partial charge in [-0.3, -0.25) is 9.69 Å². The SMILES string of the molecule is CN(C)c1ccc(/C=N\N=C2\S/C(=C\c3cc(Br)ccc3O)C(=O)N2Cc2ccco2)cc1. The molecule has 0 unspecified atom stereocenters. The molecule has 1 saturated heterocycles. The summed E-state index contributed by atoms with van der Waals surface area (Å²) in [6.45, 7) is 0.229. The van der Waals surface area contributed by atoms with Gasteiger partial charge in [0, 0.05) is 29.8 Å². The lowest BCUT2D eigenvalue weighted by molar-refractivity contribution is -0.122. The largest absolute Gasteiger partial charge is 0.507 e. The summed E-state index contributed by atoms with van der Waals surface area (Å²) in [5.74, 6) is 0.479. The fourth-order valence-electron chi connectivity index (χ4n) is 3.07. The van der Waals surface area contributed by atoms with Gasteiger partial charge in [0.15, 0.2) is 5.17 Å². The number of hydrogen-bond acceptors (Lipinski definition) is 7. The third kappa shape index (κ3) is 5.55. The Morgan fingerprint density at radius 2 is 1.97 bits per heavy atom. The topological polar surface area (TPSA) is 81.6 Å². The quantitative estimate of drug-likeness (QED) is 0.268. The molecule has 0 bridgehead atoms.